The Bertz CT molecular complexity index is 832. The lowest BCUT2D eigenvalue weighted by atomic mass is 9.97. The number of carbonyl (C=O) groups is 2. The van der Waals surface area contributed by atoms with Crippen LogP contribution >= 0.6 is 0 Å². The number of benzene rings is 1. The summed E-state index contributed by atoms with van der Waals surface area (Å²) in [5.74, 6) is 0.112. The van der Waals surface area contributed by atoms with E-state index in [0.717, 1.165) is 24.8 Å². The molecule has 1 unspecified atom stereocenters. The van der Waals surface area contributed by atoms with Crippen LogP contribution in [0.4, 0.5) is 0 Å². The van der Waals surface area contributed by atoms with Gasteiger partial charge in [0.25, 0.3) is 5.91 Å². The second-order valence-electron chi connectivity index (χ2n) is 6.98. The molecule has 6 nitrogen and oxygen atoms in total. The number of aromatic nitrogens is 1. The summed E-state index contributed by atoms with van der Waals surface area (Å²) in [5.41, 5.74) is 1.19. The number of hydrogen-bond acceptors (Lipinski definition) is 3. The number of rotatable bonds is 6. The standard InChI is InChI=1S/C21H25N3O3/c25-19(12-11-16-6-2-1-3-7-16)22-14-17-8-5-13-24(15-17)21(27)18-9-4-10-20(26)23-18/h1-4,6-7,9-10,17H,5,8,11-15H2,(H,22,25)(H,23,26). The molecular weight excluding hydrogens is 342 g/mol. The molecule has 2 aromatic rings. The second kappa shape index (κ2) is 9.16. The van der Waals surface area contributed by atoms with Crippen LogP contribution in [0.5, 0.6) is 0 Å². The summed E-state index contributed by atoms with van der Waals surface area (Å²) < 4.78 is 0. The molecule has 1 aliphatic heterocycles. The Kier molecular flexibility index (Phi) is 6.41. The van der Waals surface area contributed by atoms with Crippen molar-refractivity contribution in [3.8, 4) is 0 Å². The number of amides is 2. The van der Waals surface area contributed by atoms with Crippen molar-refractivity contribution in [1.29, 1.82) is 0 Å². The third kappa shape index (κ3) is 5.54. The van der Waals surface area contributed by atoms with Gasteiger partial charge < -0.3 is 15.2 Å². The predicted molar refractivity (Wildman–Crippen MR) is 103 cm³/mol. The smallest absolute Gasteiger partial charge is 0.270 e. The fourth-order valence-corrected chi connectivity index (χ4v) is 3.41. The van der Waals surface area contributed by atoms with E-state index in [9.17, 15) is 14.4 Å². The number of nitrogens with one attached hydrogen (secondary N) is 2. The van der Waals surface area contributed by atoms with Crippen molar-refractivity contribution in [2.24, 2.45) is 5.92 Å². The summed E-state index contributed by atoms with van der Waals surface area (Å²) in [7, 11) is 0. The molecule has 1 aliphatic rings. The molecule has 1 atom stereocenters. The van der Waals surface area contributed by atoms with Crippen molar-refractivity contribution in [2.75, 3.05) is 19.6 Å². The number of aromatic amines is 1. The van der Waals surface area contributed by atoms with Crippen LogP contribution in [0.2, 0.25) is 0 Å². The molecule has 1 fully saturated rings. The van der Waals surface area contributed by atoms with Crippen LogP contribution in [-0.2, 0) is 11.2 Å². The maximum absolute atomic E-state index is 12.6. The number of likely N-dealkylation sites (tertiary alicyclic amines) is 1. The first kappa shape index (κ1) is 18.9. The van der Waals surface area contributed by atoms with Crippen molar-refractivity contribution in [3.05, 3.63) is 70.1 Å². The summed E-state index contributed by atoms with van der Waals surface area (Å²) in [5, 5.41) is 3.00. The van der Waals surface area contributed by atoms with Gasteiger partial charge in [0.05, 0.1) is 0 Å². The van der Waals surface area contributed by atoms with E-state index in [2.05, 4.69) is 10.3 Å². The maximum Gasteiger partial charge on any atom is 0.270 e. The molecule has 0 aliphatic carbocycles. The largest absolute Gasteiger partial charge is 0.356 e. The minimum absolute atomic E-state index is 0.0368. The Hall–Kier alpha value is -2.89. The van der Waals surface area contributed by atoms with E-state index in [1.807, 2.05) is 30.3 Å². The van der Waals surface area contributed by atoms with Crippen LogP contribution in [0.25, 0.3) is 0 Å². The highest BCUT2D eigenvalue weighted by Gasteiger charge is 2.25. The van der Waals surface area contributed by atoms with Gasteiger partial charge in [-0.2, -0.15) is 0 Å². The Morgan fingerprint density at radius 3 is 2.70 bits per heavy atom. The molecule has 0 saturated carbocycles. The van der Waals surface area contributed by atoms with E-state index in [-0.39, 0.29) is 23.3 Å². The van der Waals surface area contributed by atoms with E-state index >= 15 is 0 Å². The van der Waals surface area contributed by atoms with Gasteiger partial charge >= 0.3 is 0 Å². The number of pyridine rings is 1. The van der Waals surface area contributed by atoms with Gasteiger partial charge in [-0.1, -0.05) is 36.4 Å². The van der Waals surface area contributed by atoms with Gasteiger partial charge in [0, 0.05) is 32.1 Å². The van der Waals surface area contributed by atoms with Gasteiger partial charge in [0.1, 0.15) is 5.69 Å². The average molecular weight is 367 g/mol. The summed E-state index contributed by atoms with van der Waals surface area (Å²) in [6, 6.07) is 14.5. The van der Waals surface area contributed by atoms with Crippen LogP contribution < -0.4 is 10.9 Å². The highest BCUT2D eigenvalue weighted by Crippen LogP contribution is 2.17. The number of aryl methyl sites for hydroxylation is 1. The van der Waals surface area contributed by atoms with Crippen LogP contribution in [0.15, 0.2) is 53.3 Å². The molecule has 6 heteroatoms. The fraction of sp³-hybridized carbons (Fsp3) is 0.381. The first-order valence-electron chi connectivity index (χ1n) is 9.41. The van der Waals surface area contributed by atoms with Gasteiger partial charge in [-0.15, -0.1) is 0 Å². The van der Waals surface area contributed by atoms with Crippen molar-refractivity contribution in [3.63, 3.8) is 0 Å². The van der Waals surface area contributed by atoms with Gasteiger partial charge in [-0.05, 0) is 36.8 Å². The highest BCUT2D eigenvalue weighted by molar-refractivity contribution is 5.92. The molecular formula is C21H25N3O3. The molecule has 27 heavy (non-hydrogen) atoms. The van der Waals surface area contributed by atoms with Crippen LogP contribution in [0.3, 0.4) is 0 Å². The van der Waals surface area contributed by atoms with E-state index in [1.54, 1.807) is 17.0 Å². The monoisotopic (exact) mass is 367 g/mol. The van der Waals surface area contributed by atoms with E-state index in [4.69, 9.17) is 0 Å². The zero-order valence-corrected chi connectivity index (χ0v) is 15.3. The number of carbonyl (C=O) groups excluding carboxylic acids is 2. The number of H-pyrrole nitrogens is 1. The van der Waals surface area contributed by atoms with Crippen LogP contribution in [0.1, 0.15) is 35.3 Å². The zero-order chi connectivity index (χ0) is 19.1. The van der Waals surface area contributed by atoms with Gasteiger partial charge in [0.15, 0.2) is 0 Å². The minimum atomic E-state index is -0.278. The molecule has 1 saturated heterocycles. The first-order chi connectivity index (χ1) is 13.1. The highest BCUT2D eigenvalue weighted by atomic mass is 16.2. The van der Waals surface area contributed by atoms with Gasteiger partial charge in [-0.25, -0.2) is 0 Å². The first-order valence-corrected chi connectivity index (χ1v) is 9.41. The second-order valence-corrected chi connectivity index (χ2v) is 6.98. The Morgan fingerprint density at radius 2 is 1.93 bits per heavy atom. The molecule has 0 radical (unpaired) electrons. The van der Waals surface area contributed by atoms with Crippen molar-refractivity contribution in [1.82, 2.24) is 15.2 Å². The van der Waals surface area contributed by atoms with Crippen LogP contribution in [-0.4, -0.2) is 41.3 Å². The lowest BCUT2D eigenvalue weighted by Gasteiger charge is -2.32. The summed E-state index contributed by atoms with van der Waals surface area (Å²) in [6.45, 7) is 1.84. The van der Waals surface area contributed by atoms with Gasteiger partial charge in [-0.3, -0.25) is 14.4 Å². The summed E-state index contributed by atoms with van der Waals surface area (Å²) in [4.78, 5) is 40.4. The normalized spacial score (nSPS) is 16.7. The molecule has 0 bridgehead atoms. The molecule has 2 heterocycles. The lowest BCUT2D eigenvalue weighted by molar-refractivity contribution is -0.121. The molecule has 0 spiro atoms. The lowest BCUT2D eigenvalue weighted by Crippen LogP contribution is -2.44. The molecule has 2 N–H and O–H groups in total. The fourth-order valence-electron chi connectivity index (χ4n) is 3.41. The molecule has 142 valence electrons. The SMILES string of the molecule is O=C(CCc1ccccc1)NCC1CCCN(C(=O)c2cccc(=O)[nH]2)C1. The molecule has 3 rings (SSSR count). The minimum Gasteiger partial charge on any atom is -0.356 e. The number of nitrogens with zero attached hydrogens (tertiary/aromatic N) is 1. The van der Waals surface area contributed by atoms with Crippen molar-refractivity contribution < 1.29 is 9.59 Å². The number of hydrogen-bond donors (Lipinski definition) is 2. The molecule has 1 aromatic heterocycles. The number of piperidine rings is 1. The van der Waals surface area contributed by atoms with Crippen molar-refractivity contribution in [2.45, 2.75) is 25.7 Å². The van der Waals surface area contributed by atoms with E-state index in [0.29, 0.717) is 31.7 Å². The van der Waals surface area contributed by atoms with Crippen molar-refractivity contribution >= 4 is 11.8 Å². The molecule has 1 aromatic carbocycles. The summed E-state index contributed by atoms with van der Waals surface area (Å²) >= 11 is 0. The topological polar surface area (TPSA) is 82.3 Å². The molecule has 2 amide bonds. The zero-order valence-electron chi connectivity index (χ0n) is 15.3. The maximum atomic E-state index is 12.6. The predicted octanol–water partition coefficient (Wildman–Crippen LogP) is 1.98. The van der Waals surface area contributed by atoms with E-state index < -0.39 is 0 Å². The van der Waals surface area contributed by atoms with Gasteiger partial charge in [0.2, 0.25) is 11.5 Å². The third-order valence-electron chi connectivity index (χ3n) is 4.88. The third-order valence-corrected chi connectivity index (χ3v) is 4.88. The average Bonchev–Trinajstić information content (AvgIpc) is 2.71. The Balaban J connectivity index is 1.46. The summed E-state index contributed by atoms with van der Waals surface area (Å²) in [6.07, 6.45) is 3.06. The Morgan fingerprint density at radius 1 is 1.11 bits per heavy atom. The quantitative estimate of drug-likeness (QED) is 0.819. The Labute approximate surface area is 158 Å². The van der Waals surface area contributed by atoms with Crippen LogP contribution in [0, 0.1) is 5.92 Å². The van der Waals surface area contributed by atoms with E-state index in [1.165, 1.54) is 6.07 Å².